The molecule has 2 rings (SSSR count). The Labute approximate surface area is 95.5 Å². The first-order valence-corrected chi connectivity index (χ1v) is 6.82. The van der Waals surface area contributed by atoms with Gasteiger partial charge in [-0.3, -0.25) is 4.79 Å². The Bertz CT molecular complexity index is 275. The zero-order valence-electron chi connectivity index (χ0n) is 9.31. The molecular weight excluding hydrogens is 208 g/mol. The molecule has 0 aromatic carbocycles. The zero-order chi connectivity index (χ0) is 10.8. The van der Waals surface area contributed by atoms with Gasteiger partial charge in [-0.2, -0.15) is 11.8 Å². The average molecular weight is 226 g/mol. The third kappa shape index (κ3) is 2.07. The van der Waals surface area contributed by atoms with Gasteiger partial charge >= 0.3 is 5.97 Å². The van der Waals surface area contributed by atoms with E-state index < -0.39 is 0 Å². The van der Waals surface area contributed by atoms with Gasteiger partial charge < -0.3 is 4.74 Å². The van der Waals surface area contributed by atoms with Crippen LogP contribution in [0.1, 0.15) is 13.8 Å². The molecule has 15 heavy (non-hydrogen) atoms. The van der Waals surface area contributed by atoms with E-state index in [4.69, 9.17) is 4.74 Å². The van der Waals surface area contributed by atoms with E-state index in [2.05, 4.69) is 19.1 Å². The first-order valence-electron chi connectivity index (χ1n) is 5.66. The predicted octanol–water partition coefficient (Wildman–Crippen LogP) is 2.35. The molecule has 3 heteroatoms. The van der Waals surface area contributed by atoms with Gasteiger partial charge in [0.25, 0.3) is 0 Å². The third-order valence-corrected chi connectivity index (χ3v) is 4.66. The van der Waals surface area contributed by atoms with Gasteiger partial charge in [0.15, 0.2) is 0 Å². The van der Waals surface area contributed by atoms with E-state index in [-0.39, 0.29) is 11.9 Å². The summed E-state index contributed by atoms with van der Waals surface area (Å²) >= 11 is 1.96. The average Bonchev–Trinajstić information content (AvgIpc) is 2.65. The normalized spacial score (nSPS) is 38.8. The van der Waals surface area contributed by atoms with Crippen molar-refractivity contribution in [2.24, 2.45) is 23.7 Å². The minimum absolute atomic E-state index is 0.00634. The van der Waals surface area contributed by atoms with Crippen LogP contribution in [0, 0.1) is 23.7 Å². The molecule has 0 N–H and O–H groups in total. The maximum Gasteiger partial charge on any atom is 0.309 e. The highest BCUT2D eigenvalue weighted by Crippen LogP contribution is 2.43. The molecule has 2 aliphatic rings. The fourth-order valence-corrected chi connectivity index (χ4v) is 4.10. The second-order valence-corrected chi connectivity index (χ2v) is 5.46. The summed E-state index contributed by atoms with van der Waals surface area (Å²) in [4.78, 5) is 11.9. The molecule has 0 aromatic rings. The van der Waals surface area contributed by atoms with Gasteiger partial charge in [-0.05, 0) is 36.2 Å². The standard InChI is InChI=1S/C12H18O2S/c1-3-14-12(13)11-8(2)4-5-9-6-15-7-10(9)11/h4-5,8-11H,3,6-7H2,1-2H3/t8-,9-,10-,11-/m1/s1. The summed E-state index contributed by atoms with van der Waals surface area (Å²) in [6.07, 6.45) is 4.49. The predicted molar refractivity (Wildman–Crippen MR) is 62.7 cm³/mol. The molecule has 1 aliphatic carbocycles. The highest BCUT2D eigenvalue weighted by molar-refractivity contribution is 7.99. The Hall–Kier alpha value is -0.440. The van der Waals surface area contributed by atoms with E-state index in [1.54, 1.807) is 0 Å². The van der Waals surface area contributed by atoms with Crippen molar-refractivity contribution in [3.8, 4) is 0 Å². The number of ether oxygens (including phenoxy) is 1. The third-order valence-electron chi connectivity index (χ3n) is 3.42. The molecule has 0 unspecified atom stereocenters. The van der Waals surface area contributed by atoms with E-state index >= 15 is 0 Å². The van der Waals surface area contributed by atoms with Crippen molar-refractivity contribution in [2.75, 3.05) is 18.1 Å². The smallest absolute Gasteiger partial charge is 0.309 e. The Morgan fingerprint density at radius 3 is 3.00 bits per heavy atom. The lowest BCUT2D eigenvalue weighted by molar-refractivity contribution is -0.151. The van der Waals surface area contributed by atoms with Crippen LogP contribution < -0.4 is 0 Å². The fourth-order valence-electron chi connectivity index (χ4n) is 2.61. The van der Waals surface area contributed by atoms with E-state index in [1.165, 1.54) is 5.75 Å². The highest BCUT2D eigenvalue weighted by atomic mass is 32.2. The number of esters is 1. The van der Waals surface area contributed by atoms with Gasteiger partial charge in [0.2, 0.25) is 0 Å². The molecule has 1 heterocycles. The molecule has 84 valence electrons. The molecule has 4 atom stereocenters. The second-order valence-electron chi connectivity index (χ2n) is 4.39. The number of hydrogen-bond donors (Lipinski definition) is 0. The largest absolute Gasteiger partial charge is 0.466 e. The molecule has 2 nitrogen and oxygen atoms in total. The SMILES string of the molecule is CCOC(=O)[C@H]1[C@@H]2CSC[C@H]2C=C[C@H]1C. The number of thioether (sulfide) groups is 1. The molecule has 0 saturated carbocycles. The van der Waals surface area contributed by atoms with Gasteiger partial charge in [0.05, 0.1) is 12.5 Å². The monoisotopic (exact) mass is 226 g/mol. The lowest BCUT2D eigenvalue weighted by Crippen LogP contribution is -2.36. The molecule has 1 fully saturated rings. The molecule has 0 amide bonds. The summed E-state index contributed by atoms with van der Waals surface area (Å²) in [7, 11) is 0. The second kappa shape index (κ2) is 4.60. The maximum absolute atomic E-state index is 11.9. The number of carbonyl (C=O) groups is 1. The summed E-state index contributed by atoms with van der Waals surface area (Å²) in [6.45, 7) is 4.50. The Morgan fingerprint density at radius 1 is 1.47 bits per heavy atom. The number of carbonyl (C=O) groups excluding carboxylic acids is 1. The lowest BCUT2D eigenvalue weighted by Gasteiger charge is -2.32. The van der Waals surface area contributed by atoms with E-state index in [1.807, 2.05) is 18.7 Å². The van der Waals surface area contributed by atoms with Crippen molar-refractivity contribution < 1.29 is 9.53 Å². The summed E-state index contributed by atoms with van der Waals surface area (Å²) < 4.78 is 5.18. The summed E-state index contributed by atoms with van der Waals surface area (Å²) in [5.41, 5.74) is 0. The van der Waals surface area contributed by atoms with Gasteiger partial charge in [0, 0.05) is 0 Å². The molecule has 1 saturated heterocycles. The number of hydrogen-bond acceptors (Lipinski definition) is 3. The van der Waals surface area contributed by atoms with Crippen LogP contribution in [0.15, 0.2) is 12.2 Å². The van der Waals surface area contributed by atoms with Crippen molar-refractivity contribution in [2.45, 2.75) is 13.8 Å². The van der Waals surface area contributed by atoms with Crippen molar-refractivity contribution in [3.63, 3.8) is 0 Å². The summed E-state index contributed by atoms with van der Waals surface area (Å²) in [5, 5.41) is 0. The molecule has 0 spiro atoms. The fraction of sp³-hybridized carbons (Fsp3) is 0.750. The van der Waals surface area contributed by atoms with Crippen molar-refractivity contribution in [3.05, 3.63) is 12.2 Å². The number of fused-ring (bicyclic) bond motifs is 1. The van der Waals surface area contributed by atoms with E-state index in [9.17, 15) is 4.79 Å². The van der Waals surface area contributed by atoms with Gasteiger partial charge in [0.1, 0.15) is 0 Å². The molecule has 0 aromatic heterocycles. The van der Waals surface area contributed by atoms with Crippen molar-refractivity contribution in [1.29, 1.82) is 0 Å². The molecular formula is C12H18O2S. The Kier molecular flexibility index (Phi) is 3.39. The van der Waals surface area contributed by atoms with E-state index in [0.29, 0.717) is 24.4 Å². The van der Waals surface area contributed by atoms with Crippen LogP contribution >= 0.6 is 11.8 Å². The quantitative estimate of drug-likeness (QED) is 0.534. The van der Waals surface area contributed by atoms with Gasteiger partial charge in [-0.25, -0.2) is 0 Å². The topological polar surface area (TPSA) is 26.3 Å². The molecule has 1 aliphatic heterocycles. The summed E-state index contributed by atoms with van der Waals surface area (Å²) in [6, 6.07) is 0. The minimum Gasteiger partial charge on any atom is -0.466 e. The Morgan fingerprint density at radius 2 is 2.27 bits per heavy atom. The lowest BCUT2D eigenvalue weighted by atomic mass is 9.73. The van der Waals surface area contributed by atoms with Crippen LogP contribution in [0.25, 0.3) is 0 Å². The summed E-state index contributed by atoms with van der Waals surface area (Å²) in [5.74, 6) is 3.83. The van der Waals surface area contributed by atoms with Crippen molar-refractivity contribution in [1.82, 2.24) is 0 Å². The van der Waals surface area contributed by atoms with Crippen LogP contribution in [-0.4, -0.2) is 24.1 Å². The van der Waals surface area contributed by atoms with Crippen LogP contribution in [0.4, 0.5) is 0 Å². The number of rotatable bonds is 2. The Balaban J connectivity index is 2.14. The van der Waals surface area contributed by atoms with Crippen LogP contribution in [0.2, 0.25) is 0 Å². The first-order chi connectivity index (χ1) is 7.24. The molecule has 0 bridgehead atoms. The van der Waals surface area contributed by atoms with Gasteiger partial charge in [-0.15, -0.1) is 0 Å². The van der Waals surface area contributed by atoms with E-state index in [0.717, 1.165) is 5.75 Å². The first kappa shape index (κ1) is 11.1. The van der Waals surface area contributed by atoms with Crippen molar-refractivity contribution >= 4 is 17.7 Å². The minimum atomic E-state index is 0.00634. The highest BCUT2D eigenvalue weighted by Gasteiger charge is 2.42. The van der Waals surface area contributed by atoms with Crippen LogP contribution in [0.5, 0.6) is 0 Å². The van der Waals surface area contributed by atoms with Gasteiger partial charge in [-0.1, -0.05) is 19.1 Å². The van der Waals surface area contributed by atoms with Crippen LogP contribution in [0.3, 0.4) is 0 Å². The maximum atomic E-state index is 11.9. The number of allylic oxidation sites excluding steroid dienone is 2. The zero-order valence-corrected chi connectivity index (χ0v) is 10.1. The molecule has 0 radical (unpaired) electrons. The van der Waals surface area contributed by atoms with Crippen LogP contribution in [-0.2, 0) is 9.53 Å².